The molecule has 0 aliphatic rings. The number of hydrogen-bond acceptors (Lipinski definition) is 3. The monoisotopic (exact) mass is 372 g/mol. The minimum atomic E-state index is -4.86. The highest BCUT2D eigenvalue weighted by Gasteiger charge is 2.44. The second-order valence-corrected chi connectivity index (χ2v) is 7.45. The molecule has 0 aromatic heterocycles. The minimum Gasteiger partial charge on any atom is -0.380 e. The summed E-state index contributed by atoms with van der Waals surface area (Å²) in [7, 11) is -3.52. The molecule has 7 heteroatoms. The van der Waals surface area contributed by atoms with Crippen molar-refractivity contribution in [3.05, 3.63) is 71.3 Å². The molecule has 2 aromatic rings. The molecule has 0 amide bonds. The molecule has 0 atom stereocenters. The number of ether oxygens (including phenoxy) is 1. The zero-order valence-electron chi connectivity index (χ0n) is 12.7. The molecule has 0 bridgehead atoms. The topological polar surface area (TPSA) is 43.4 Å². The van der Waals surface area contributed by atoms with E-state index in [1.54, 1.807) is 6.07 Å². The summed E-state index contributed by atoms with van der Waals surface area (Å²) in [6, 6.07) is 12.7. The molecule has 0 spiro atoms. The van der Waals surface area contributed by atoms with Gasteiger partial charge in [0.05, 0.1) is 11.5 Å². The fraction of sp³-hybridized carbons (Fsp3) is 0.176. The van der Waals surface area contributed by atoms with Gasteiger partial charge in [0.15, 0.2) is 0 Å². The highest BCUT2D eigenvalue weighted by atomic mass is 35.5. The summed E-state index contributed by atoms with van der Waals surface area (Å²) in [5.74, 6) is 0. The summed E-state index contributed by atoms with van der Waals surface area (Å²) < 4.78 is 58.3. The van der Waals surface area contributed by atoms with Gasteiger partial charge in [0.25, 0.3) is 0 Å². The Labute approximate surface area is 144 Å². The van der Waals surface area contributed by atoms with Gasteiger partial charge in [-0.15, -0.1) is 0 Å². The normalized spacial score (nSPS) is 13.1. The Morgan fingerprint density at radius 2 is 1.71 bits per heavy atom. The van der Waals surface area contributed by atoms with E-state index in [1.165, 1.54) is 43.5 Å². The molecule has 2 rings (SSSR count). The van der Waals surface area contributed by atoms with E-state index < -0.39 is 20.0 Å². The van der Waals surface area contributed by atoms with E-state index in [0.29, 0.717) is 16.7 Å². The molecule has 0 saturated carbocycles. The largest absolute Gasteiger partial charge is 0.380 e. The van der Waals surface area contributed by atoms with Crippen molar-refractivity contribution in [2.24, 2.45) is 0 Å². The van der Waals surface area contributed by atoms with Gasteiger partial charge in [0, 0.05) is 18.2 Å². The molecule has 0 aliphatic heterocycles. The third-order valence-electron chi connectivity index (χ3n) is 3.27. The first-order valence-electron chi connectivity index (χ1n) is 6.92. The lowest BCUT2D eigenvalue weighted by atomic mass is 10.1. The van der Waals surface area contributed by atoms with E-state index in [4.69, 9.17) is 16.3 Å². The molecule has 0 N–H and O–H groups in total. The molecule has 3 nitrogen and oxygen atoms in total. The quantitative estimate of drug-likeness (QED) is 0.753. The molecule has 0 heterocycles. The lowest BCUT2D eigenvalue weighted by molar-refractivity contribution is 0.146. The first-order chi connectivity index (χ1) is 11.3. The number of hydrogen-bond donors (Lipinski definition) is 0. The summed E-state index contributed by atoms with van der Waals surface area (Å²) in [5.41, 5.74) is 0.461. The first kappa shape index (κ1) is 18.6. The van der Waals surface area contributed by atoms with Crippen LogP contribution < -0.4 is 0 Å². The number of sulfone groups is 1. The summed E-state index contributed by atoms with van der Waals surface area (Å²) in [4.78, 5) is -0.445. The van der Waals surface area contributed by atoms with Crippen molar-refractivity contribution >= 4 is 27.0 Å². The molecular formula is C17H15ClF2O3S. The van der Waals surface area contributed by atoms with Crippen LogP contribution in [0.5, 0.6) is 0 Å². The fourth-order valence-corrected chi connectivity index (χ4v) is 3.32. The van der Waals surface area contributed by atoms with Gasteiger partial charge < -0.3 is 4.74 Å². The zero-order valence-corrected chi connectivity index (χ0v) is 14.3. The standard InChI is InChI=1S/C17H15ClF2O3S/c1-23-12-14(13-7-9-15(18)10-8-13)11-17(19,20)24(21,22)16-5-3-2-4-6-16/h2-11H,12H2,1H3/b14-11+. The van der Waals surface area contributed by atoms with E-state index >= 15 is 0 Å². The van der Waals surface area contributed by atoms with E-state index in [2.05, 4.69) is 0 Å². The van der Waals surface area contributed by atoms with Gasteiger partial charge >= 0.3 is 5.25 Å². The third kappa shape index (κ3) is 4.01. The van der Waals surface area contributed by atoms with Crippen LogP contribution in [-0.4, -0.2) is 27.4 Å². The molecule has 0 unspecified atom stereocenters. The van der Waals surface area contributed by atoms with Crippen LogP contribution in [0.1, 0.15) is 5.56 Å². The van der Waals surface area contributed by atoms with Gasteiger partial charge in [0.2, 0.25) is 9.84 Å². The molecule has 128 valence electrons. The minimum absolute atomic E-state index is 0.0543. The van der Waals surface area contributed by atoms with E-state index in [-0.39, 0.29) is 12.2 Å². The Morgan fingerprint density at radius 1 is 1.12 bits per heavy atom. The van der Waals surface area contributed by atoms with Crippen LogP contribution in [0.4, 0.5) is 8.78 Å². The SMILES string of the molecule is COC/C(=C\C(F)(F)S(=O)(=O)c1ccccc1)c1ccc(Cl)cc1. The first-order valence-corrected chi connectivity index (χ1v) is 8.78. The molecule has 0 saturated heterocycles. The highest BCUT2D eigenvalue weighted by molar-refractivity contribution is 7.92. The van der Waals surface area contributed by atoms with Gasteiger partial charge in [-0.25, -0.2) is 8.42 Å². The Hall–Kier alpha value is -1.76. The van der Waals surface area contributed by atoms with Crippen molar-refractivity contribution < 1.29 is 21.9 Å². The van der Waals surface area contributed by atoms with Crippen molar-refractivity contribution in [3.8, 4) is 0 Å². The Kier molecular flexibility index (Phi) is 5.74. The van der Waals surface area contributed by atoms with E-state index in [9.17, 15) is 17.2 Å². The highest BCUT2D eigenvalue weighted by Crippen LogP contribution is 2.33. The predicted molar refractivity (Wildman–Crippen MR) is 89.9 cm³/mol. The summed E-state index contributed by atoms with van der Waals surface area (Å²) >= 11 is 5.78. The second kappa shape index (κ2) is 7.42. The zero-order chi connectivity index (χ0) is 17.8. The van der Waals surface area contributed by atoms with Crippen LogP contribution in [0.3, 0.4) is 0 Å². The number of halogens is 3. The molecule has 24 heavy (non-hydrogen) atoms. The lowest BCUT2D eigenvalue weighted by Crippen LogP contribution is -2.27. The number of benzene rings is 2. The van der Waals surface area contributed by atoms with Crippen molar-refractivity contribution in [2.75, 3.05) is 13.7 Å². The Morgan fingerprint density at radius 3 is 2.25 bits per heavy atom. The molecule has 0 aliphatic carbocycles. The van der Waals surface area contributed by atoms with Gasteiger partial charge in [-0.1, -0.05) is 41.9 Å². The molecular weight excluding hydrogens is 358 g/mol. The summed E-state index contributed by atoms with van der Waals surface area (Å²) in [5, 5.41) is -3.64. The average Bonchev–Trinajstić information content (AvgIpc) is 2.55. The van der Waals surface area contributed by atoms with Crippen LogP contribution in [0.15, 0.2) is 65.6 Å². The third-order valence-corrected chi connectivity index (χ3v) is 5.25. The van der Waals surface area contributed by atoms with Gasteiger partial charge in [0.1, 0.15) is 0 Å². The Bertz CT molecular complexity index is 817. The number of methoxy groups -OCH3 is 1. The predicted octanol–water partition coefficient (Wildman–Crippen LogP) is 4.44. The van der Waals surface area contributed by atoms with Crippen LogP contribution in [0.25, 0.3) is 5.57 Å². The van der Waals surface area contributed by atoms with Gasteiger partial charge in [-0.05, 0) is 35.4 Å². The van der Waals surface area contributed by atoms with Gasteiger partial charge in [-0.2, -0.15) is 8.78 Å². The fourth-order valence-electron chi connectivity index (χ4n) is 2.06. The number of rotatable bonds is 6. The van der Waals surface area contributed by atoms with Crippen molar-refractivity contribution in [1.82, 2.24) is 0 Å². The van der Waals surface area contributed by atoms with Crippen molar-refractivity contribution in [3.63, 3.8) is 0 Å². The smallest absolute Gasteiger partial charge is 0.369 e. The summed E-state index contributed by atoms with van der Waals surface area (Å²) in [6.07, 6.45) is 0.419. The van der Waals surface area contributed by atoms with Gasteiger partial charge in [-0.3, -0.25) is 0 Å². The molecule has 0 fully saturated rings. The molecule has 2 aromatic carbocycles. The maximum Gasteiger partial charge on any atom is 0.369 e. The van der Waals surface area contributed by atoms with E-state index in [1.807, 2.05) is 0 Å². The van der Waals surface area contributed by atoms with E-state index in [0.717, 1.165) is 12.1 Å². The van der Waals surface area contributed by atoms with Crippen LogP contribution in [-0.2, 0) is 14.6 Å². The summed E-state index contributed by atoms with van der Waals surface area (Å²) in [6.45, 7) is -0.165. The Balaban J connectivity index is 2.48. The average molecular weight is 373 g/mol. The van der Waals surface area contributed by atoms with Crippen LogP contribution >= 0.6 is 11.6 Å². The number of alkyl halides is 2. The second-order valence-electron chi connectivity index (χ2n) is 4.99. The van der Waals surface area contributed by atoms with Crippen LogP contribution in [0.2, 0.25) is 5.02 Å². The maximum absolute atomic E-state index is 14.5. The van der Waals surface area contributed by atoms with Crippen LogP contribution in [0, 0.1) is 0 Å². The maximum atomic E-state index is 14.5. The lowest BCUT2D eigenvalue weighted by Gasteiger charge is -2.16. The van der Waals surface area contributed by atoms with Crippen molar-refractivity contribution in [1.29, 1.82) is 0 Å². The molecule has 0 radical (unpaired) electrons. The van der Waals surface area contributed by atoms with Crippen molar-refractivity contribution in [2.45, 2.75) is 10.2 Å².